The first-order valence-electron chi connectivity index (χ1n) is 6.51. The van der Waals surface area contributed by atoms with Crippen molar-refractivity contribution >= 4 is 17.2 Å². The first-order chi connectivity index (χ1) is 9.58. The predicted octanol–water partition coefficient (Wildman–Crippen LogP) is 1.98. The van der Waals surface area contributed by atoms with Gasteiger partial charge in [-0.25, -0.2) is 4.98 Å². The summed E-state index contributed by atoms with van der Waals surface area (Å²) in [5.74, 6) is -0.0401. The Hall–Kier alpha value is -1.72. The van der Waals surface area contributed by atoms with Crippen LogP contribution in [0.2, 0.25) is 0 Å². The molecule has 0 saturated carbocycles. The number of likely N-dealkylation sites (N-methyl/N-ethyl adjacent to an activating group) is 1. The van der Waals surface area contributed by atoms with Gasteiger partial charge >= 0.3 is 0 Å². The lowest BCUT2D eigenvalue weighted by Crippen LogP contribution is -2.42. The van der Waals surface area contributed by atoms with Crippen LogP contribution in [0.3, 0.4) is 0 Å². The van der Waals surface area contributed by atoms with Gasteiger partial charge < -0.3 is 10.6 Å². The van der Waals surface area contributed by atoms with Crippen molar-refractivity contribution in [2.45, 2.75) is 25.9 Å². The summed E-state index contributed by atoms with van der Waals surface area (Å²) in [6.07, 6.45) is 0.561. The number of aromatic nitrogens is 1. The second kappa shape index (κ2) is 6.63. The normalized spacial score (nSPS) is 12.2. The summed E-state index contributed by atoms with van der Waals surface area (Å²) in [5, 5.41) is 0. The number of nitrogens with zero attached hydrogens (tertiary/aromatic N) is 2. The number of carbonyl (C=O) groups excluding carboxylic acids is 1. The molecule has 5 heteroatoms. The first-order valence-corrected chi connectivity index (χ1v) is 7.39. The number of carbonyl (C=O) groups is 1. The Balaban J connectivity index is 1.94. The SMILES string of the molecule is Cc1ncsc1CN(C)C(=O)[C@@H](N)Cc1ccccc1. The van der Waals surface area contributed by atoms with E-state index in [9.17, 15) is 4.79 Å². The minimum atomic E-state index is -0.504. The van der Waals surface area contributed by atoms with Gasteiger partial charge in [-0.3, -0.25) is 4.79 Å². The maximum Gasteiger partial charge on any atom is 0.239 e. The Morgan fingerprint density at radius 1 is 1.40 bits per heavy atom. The lowest BCUT2D eigenvalue weighted by Gasteiger charge is -2.21. The van der Waals surface area contributed by atoms with E-state index in [1.54, 1.807) is 28.8 Å². The van der Waals surface area contributed by atoms with Crippen LogP contribution >= 0.6 is 11.3 Å². The van der Waals surface area contributed by atoms with Crippen molar-refractivity contribution in [3.63, 3.8) is 0 Å². The lowest BCUT2D eigenvalue weighted by molar-refractivity contribution is -0.131. The van der Waals surface area contributed by atoms with Gasteiger partial charge in [-0.2, -0.15) is 0 Å². The van der Waals surface area contributed by atoms with E-state index in [4.69, 9.17) is 5.73 Å². The molecule has 1 amide bonds. The van der Waals surface area contributed by atoms with E-state index in [1.165, 1.54) is 0 Å². The highest BCUT2D eigenvalue weighted by Crippen LogP contribution is 2.15. The minimum Gasteiger partial charge on any atom is -0.339 e. The van der Waals surface area contributed by atoms with Crippen molar-refractivity contribution in [3.05, 3.63) is 52.0 Å². The molecule has 106 valence electrons. The van der Waals surface area contributed by atoms with Gasteiger partial charge in [0.05, 0.1) is 23.8 Å². The number of rotatable bonds is 5. The molecule has 1 heterocycles. The maximum atomic E-state index is 12.3. The lowest BCUT2D eigenvalue weighted by atomic mass is 10.1. The summed E-state index contributed by atoms with van der Waals surface area (Å²) in [6, 6.07) is 9.33. The van der Waals surface area contributed by atoms with Crippen LogP contribution in [-0.4, -0.2) is 28.9 Å². The van der Waals surface area contributed by atoms with E-state index >= 15 is 0 Å². The second-order valence-corrected chi connectivity index (χ2v) is 5.79. The van der Waals surface area contributed by atoms with Crippen molar-refractivity contribution in [1.82, 2.24) is 9.88 Å². The molecule has 0 bridgehead atoms. The molecule has 1 aromatic heterocycles. The molecule has 0 fully saturated rings. The molecule has 20 heavy (non-hydrogen) atoms. The average molecular weight is 289 g/mol. The Bertz CT molecular complexity index is 568. The summed E-state index contributed by atoms with van der Waals surface area (Å²) in [4.78, 5) is 19.2. The van der Waals surface area contributed by atoms with Gasteiger partial charge in [-0.15, -0.1) is 11.3 Å². The fourth-order valence-electron chi connectivity index (χ4n) is 2.01. The van der Waals surface area contributed by atoms with Crippen molar-refractivity contribution in [2.24, 2.45) is 5.73 Å². The van der Waals surface area contributed by atoms with Gasteiger partial charge in [0.1, 0.15) is 0 Å². The molecule has 0 saturated heterocycles. The van der Waals surface area contributed by atoms with Crippen molar-refractivity contribution in [1.29, 1.82) is 0 Å². The van der Waals surface area contributed by atoms with Gasteiger partial charge in [0.25, 0.3) is 0 Å². The summed E-state index contributed by atoms with van der Waals surface area (Å²) < 4.78 is 0. The Labute approximate surface area is 123 Å². The molecule has 0 aliphatic carbocycles. The molecule has 4 nitrogen and oxygen atoms in total. The number of amides is 1. The van der Waals surface area contributed by atoms with E-state index in [0.29, 0.717) is 13.0 Å². The van der Waals surface area contributed by atoms with Gasteiger partial charge in [-0.05, 0) is 18.9 Å². The molecule has 0 radical (unpaired) electrons. The van der Waals surface area contributed by atoms with Gasteiger partial charge in [0, 0.05) is 11.9 Å². The fourth-order valence-corrected chi connectivity index (χ4v) is 2.84. The Morgan fingerprint density at radius 3 is 2.70 bits per heavy atom. The number of thiazole rings is 1. The van der Waals surface area contributed by atoms with Crippen LogP contribution in [0, 0.1) is 6.92 Å². The summed E-state index contributed by atoms with van der Waals surface area (Å²) >= 11 is 1.57. The largest absolute Gasteiger partial charge is 0.339 e. The fraction of sp³-hybridized carbons (Fsp3) is 0.333. The molecule has 2 N–H and O–H groups in total. The predicted molar refractivity (Wildman–Crippen MR) is 81.4 cm³/mol. The molecule has 1 atom stereocenters. The Morgan fingerprint density at radius 2 is 2.10 bits per heavy atom. The van der Waals surface area contributed by atoms with Crippen LogP contribution in [0.1, 0.15) is 16.1 Å². The molecule has 0 aliphatic rings. The monoisotopic (exact) mass is 289 g/mol. The minimum absolute atomic E-state index is 0.0401. The summed E-state index contributed by atoms with van der Waals surface area (Å²) in [7, 11) is 1.78. The van der Waals surface area contributed by atoms with Crippen LogP contribution in [-0.2, 0) is 17.8 Å². The zero-order valence-corrected chi connectivity index (χ0v) is 12.6. The molecule has 0 aliphatic heterocycles. The summed E-state index contributed by atoms with van der Waals surface area (Å²) in [6.45, 7) is 2.52. The molecular weight excluding hydrogens is 270 g/mol. The zero-order valence-electron chi connectivity index (χ0n) is 11.7. The van der Waals surface area contributed by atoms with Gasteiger partial charge in [0.2, 0.25) is 5.91 Å². The van der Waals surface area contributed by atoms with Crippen molar-refractivity contribution in [3.8, 4) is 0 Å². The average Bonchev–Trinajstić information content (AvgIpc) is 2.84. The first kappa shape index (κ1) is 14.7. The highest BCUT2D eigenvalue weighted by atomic mass is 32.1. The standard InChI is InChI=1S/C15H19N3OS/c1-11-14(20-10-17-11)9-18(2)15(19)13(16)8-12-6-4-3-5-7-12/h3-7,10,13H,8-9,16H2,1-2H3/t13-/m0/s1. The van der Waals surface area contributed by atoms with E-state index < -0.39 is 6.04 Å². The van der Waals surface area contributed by atoms with E-state index in [0.717, 1.165) is 16.1 Å². The van der Waals surface area contributed by atoms with E-state index in [2.05, 4.69) is 4.98 Å². The Kier molecular flexibility index (Phi) is 4.87. The highest BCUT2D eigenvalue weighted by molar-refractivity contribution is 7.09. The number of hydrogen-bond donors (Lipinski definition) is 1. The highest BCUT2D eigenvalue weighted by Gasteiger charge is 2.19. The maximum absolute atomic E-state index is 12.3. The smallest absolute Gasteiger partial charge is 0.239 e. The second-order valence-electron chi connectivity index (χ2n) is 4.85. The van der Waals surface area contributed by atoms with Crippen molar-refractivity contribution in [2.75, 3.05) is 7.05 Å². The molecular formula is C15H19N3OS. The number of aryl methyl sites for hydroxylation is 1. The van der Waals surface area contributed by atoms with E-state index in [-0.39, 0.29) is 5.91 Å². The van der Waals surface area contributed by atoms with Crippen LogP contribution in [0.25, 0.3) is 0 Å². The van der Waals surface area contributed by atoms with Crippen LogP contribution in [0.5, 0.6) is 0 Å². The van der Waals surface area contributed by atoms with Gasteiger partial charge in [0.15, 0.2) is 0 Å². The van der Waals surface area contributed by atoms with E-state index in [1.807, 2.05) is 37.3 Å². The third kappa shape index (κ3) is 3.65. The van der Waals surface area contributed by atoms with Crippen LogP contribution < -0.4 is 5.73 Å². The molecule has 0 spiro atoms. The molecule has 1 aromatic carbocycles. The zero-order chi connectivity index (χ0) is 14.5. The van der Waals surface area contributed by atoms with Crippen LogP contribution in [0.4, 0.5) is 0 Å². The van der Waals surface area contributed by atoms with Crippen molar-refractivity contribution < 1.29 is 4.79 Å². The topological polar surface area (TPSA) is 59.2 Å². The quantitative estimate of drug-likeness (QED) is 0.915. The van der Waals surface area contributed by atoms with Gasteiger partial charge in [-0.1, -0.05) is 30.3 Å². The molecule has 2 rings (SSSR count). The third-order valence-corrected chi connectivity index (χ3v) is 4.14. The number of hydrogen-bond acceptors (Lipinski definition) is 4. The summed E-state index contributed by atoms with van der Waals surface area (Å²) in [5.41, 5.74) is 9.87. The molecule has 2 aromatic rings. The number of benzene rings is 1. The van der Waals surface area contributed by atoms with Crippen LogP contribution in [0.15, 0.2) is 35.8 Å². The molecule has 0 unspecified atom stereocenters. The number of nitrogens with two attached hydrogens (primary N) is 1. The third-order valence-electron chi connectivity index (χ3n) is 3.22.